The van der Waals surface area contributed by atoms with Crippen molar-refractivity contribution in [3.63, 3.8) is 0 Å². The van der Waals surface area contributed by atoms with Crippen molar-refractivity contribution >= 4 is 27.8 Å². The van der Waals surface area contributed by atoms with Crippen LogP contribution in [0.25, 0.3) is 0 Å². The predicted molar refractivity (Wildman–Crippen MR) is 74.5 cm³/mol. The van der Waals surface area contributed by atoms with Gasteiger partial charge < -0.3 is 14.7 Å². The molecular formula is C13H16BrNO4. The van der Waals surface area contributed by atoms with Crippen LogP contribution < -0.4 is 4.74 Å². The molecule has 1 rings (SSSR count). The Morgan fingerprint density at radius 1 is 1.42 bits per heavy atom. The van der Waals surface area contributed by atoms with Gasteiger partial charge in [-0.3, -0.25) is 9.59 Å². The van der Waals surface area contributed by atoms with Crippen LogP contribution in [0.2, 0.25) is 0 Å². The number of ether oxygens (including phenoxy) is 1. The third-order valence-electron chi connectivity index (χ3n) is 2.66. The van der Waals surface area contributed by atoms with Crippen LogP contribution in [0, 0.1) is 0 Å². The van der Waals surface area contributed by atoms with E-state index in [0.717, 1.165) is 0 Å². The fourth-order valence-electron chi connectivity index (χ4n) is 1.62. The van der Waals surface area contributed by atoms with Crippen LogP contribution in [0.1, 0.15) is 23.7 Å². The van der Waals surface area contributed by atoms with E-state index in [4.69, 9.17) is 9.84 Å². The number of carboxylic acid groups (broad SMARTS) is 1. The van der Waals surface area contributed by atoms with Crippen LogP contribution in [-0.4, -0.2) is 42.1 Å². The summed E-state index contributed by atoms with van der Waals surface area (Å²) in [5.41, 5.74) is 0.500. The highest BCUT2D eigenvalue weighted by Gasteiger charge is 2.16. The highest BCUT2D eigenvalue weighted by molar-refractivity contribution is 9.10. The maximum absolute atomic E-state index is 12.2. The zero-order valence-electron chi connectivity index (χ0n) is 10.9. The average molecular weight is 330 g/mol. The molecule has 0 bridgehead atoms. The second-order valence-corrected chi connectivity index (χ2v) is 4.73. The molecule has 0 heterocycles. The van der Waals surface area contributed by atoms with Crippen LogP contribution in [-0.2, 0) is 4.79 Å². The Morgan fingerprint density at radius 2 is 2.11 bits per heavy atom. The molecule has 1 aromatic carbocycles. The van der Waals surface area contributed by atoms with Gasteiger partial charge in [-0.2, -0.15) is 0 Å². The van der Waals surface area contributed by atoms with Crippen molar-refractivity contribution < 1.29 is 19.4 Å². The van der Waals surface area contributed by atoms with E-state index in [0.29, 0.717) is 22.3 Å². The van der Waals surface area contributed by atoms with Crippen LogP contribution in [0.4, 0.5) is 0 Å². The molecule has 0 saturated heterocycles. The lowest BCUT2D eigenvalue weighted by Gasteiger charge is -2.20. The van der Waals surface area contributed by atoms with Crippen molar-refractivity contribution in [3.8, 4) is 5.75 Å². The Morgan fingerprint density at radius 3 is 2.58 bits per heavy atom. The van der Waals surface area contributed by atoms with Crippen molar-refractivity contribution in [2.45, 2.75) is 13.3 Å². The smallest absolute Gasteiger partial charge is 0.305 e. The second kappa shape index (κ2) is 7.13. The Hall–Kier alpha value is -1.56. The third-order valence-corrected chi connectivity index (χ3v) is 3.28. The number of carbonyl (C=O) groups is 2. The summed E-state index contributed by atoms with van der Waals surface area (Å²) in [6.07, 6.45) is -0.0586. The third kappa shape index (κ3) is 4.24. The molecule has 0 spiro atoms. The minimum atomic E-state index is -0.915. The van der Waals surface area contributed by atoms with Gasteiger partial charge in [0, 0.05) is 18.7 Å². The molecule has 1 amide bonds. The monoisotopic (exact) mass is 329 g/mol. The number of benzene rings is 1. The Kier molecular flexibility index (Phi) is 5.82. The fourth-order valence-corrected chi connectivity index (χ4v) is 2.16. The summed E-state index contributed by atoms with van der Waals surface area (Å²) in [7, 11) is 1.55. The van der Waals surface area contributed by atoms with Crippen LogP contribution in [0.3, 0.4) is 0 Å². The summed E-state index contributed by atoms with van der Waals surface area (Å²) in [6.45, 7) is 2.49. The van der Waals surface area contributed by atoms with Crippen molar-refractivity contribution in [3.05, 3.63) is 28.2 Å². The van der Waals surface area contributed by atoms with E-state index >= 15 is 0 Å². The number of carboxylic acids is 1. The Bertz CT molecular complexity index is 476. The maximum atomic E-state index is 12.2. The van der Waals surface area contributed by atoms with Crippen molar-refractivity contribution in [2.75, 3.05) is 20.2 Å². The van der Waals surface area contributed by atoms with Crippen molar-refractivity contribution in [2.24, 2.45) is 0 Å². The van der Waals surface area contributed by atoms with Gasteiger partial charge in [-0.25, -0.2) is 0 Å². The number of halogens is 1. The Balaban J connectivity index is 2.85. The minimum Gasteiger partial charge on any atom is -0.496 e. The summed E-state index contributed by atoms with van der Waals surface area (Å²) < 4.78 is 5.79. The molecule has 19 heavy (non-hydrogen) atoms. The van der Waals surface area contributed by atoms with Gasteiger partial charge in [0.05, 0.1) is 18.0 Å². The number of nitrogens with zero attached hydrogens (tertiary/aromatic N) is 1. The van der Waals surface area contributed by atoms with E-state index in [1.54, 1.807) is 25.3 Å². The maximum Gasteiger partial charge on any atom is 0.305 e. The van der Waals surface area contributed by atoms with Crippen molar-refractivity contribution in [1.29, 1.82) is 0 Å². The number of hydrogen-bond acceptors (Lipinski definition) is 3. The summed E-state index contributed by atoms with van der Waals surface area (Å²) in [5, 5.41) is 8.66. The average Bonchev–Trinajstić information content (AvgIpc) is 2.38. The molecule has 6 heteroatoms. The Labute approximate surface area is 120 Å². The first-order valence-electron chi connectivity index (χ1n) is 5.84. The molecule has 104 valence electrons. The van der Waals surface area contributed by atoms with E-state index < -0.39 is 5.97 Å². The minimum absolute atomic E-state index is 0.0586. The van der Waals surface area contributed by atoms with E-state index in [2.05, 4.69) is 15.9 Å². The molecule has 0 aliphatic carbocycles. The van der Waals surface area contributed by atoms with Gasteiger partial charge in [-0.1, -0.05) is 0 Å². The van der Waals surface area contributed by atoms with Gasteiger partial charge >= 0.3 is 5.97 Å². The number of methoxy groups -OCH3 is 1. The molecule has 0 aliphatic rings. The largest absolute Gasteiger partial charge is 0.496 e. The summed E-state index contributed by atoms with van der Waals surface area (Å²) in [6, 6.07) is 5.03. The van der Waals surface area contributed by atoms with Crippen LogP contribution in [0.15, 0.2) is 22.7 Å². The van der Waals surface area contributed by atoms with Gasteiger partial charge in [-0.15, -0.1) is 0 Å². The molecule has 0 saturated carbocycles. The second-order valence-electron chi connectivity index (χ2n) is 3.88. The lowest BCUT2D eigenvalue weighted by atomic mass is 10.2. The fraction of sp³-hybridized carbons (Fsp3) is 0.385. The first kappa shape index (κ1) is 15.5. The lowest BCUT2D eigenvalue weighted by Crippen LogP contribution is -2.32. The first-order chi connectivity index (χ1) is 8.99. The van der Waals surface area contributed by atoms with Gasteiger partial charge in [0.1, 0.15) is 5.75 Å². The highest BCUT2D eigenvalue weighted by Crippen LogP contribution is 2.26. The summed E-state index contributed by atoms with van der Waals surface area (Å²) in [4.78, 5) is 24.3. The number of carbonyl (C=O) groups excluding carboxylic acids is 1. The lowest BCUT2D eigenvalue weighted by molar-refractivity contribution is -0.137. The van der Waals surface area contributed by atoms with Gasteiger partial charge in [0.15, 0.2) is 0 Å². The topological polar surface area (TPSA) is 66.8 Å². The number of aliphatic carboxylic acids is 1. The van der Waals surface area contributed by atoms with Crippen LogP contribution >= 0.6 is 15.9 Å². The van der Waals surface area contributed by atoms with Gasteiger partial charge in [0.25, 0.3) is 5.91 Å². The number of hydrogen-bond donors (Lipinski definition) is 1. The molecule has 1 N–H and O–H groups in total. The summed E-state index contributed by atoms with van der Waals surface area (Å²) >= 11 is 3.32. The van der Waals surface area contributed by atoms with Gasteiger partial charge in [0.2, 0.25) is 0 Å². The zero-order valence-corrected chi connectivity index (χ0v) is 12.4. The number of rotatable bonds is 6. The molecule has 0 radical (unpaired) electrons. The molecule has 5 nitrogen and oxygen atoms in total. The zero-order chi connectivity index (χ0) is 14.4. The van der Waals surface area contributed by atoms with Crippen LogP contribution in [0.5, 0.6) is 5.75 Å². The quantitative estimate of drug-likeness (QED) is 0.870. The van der Waals surface area contributed by atoms with E-state index in [1.807, 2.05) is 6.92 Å². The molecule has 0 aromatic heterocycles. The van der Waals surface area contributed by atoms with Gasteiger partial charge in [-0.05, 0) is 41.1 Å². The highest BCUT2D eigenvalue weighted by atomic mass is 79.9. The van der Waals surface area contributed by atoms with E-state index in [-0.39, 0.29) is 18.9 Å². The molecule has 1 aromatic rings. The molecule has 0 aliphatic heterocycles. The standard InChI is InChI=1S/C13H16BrNO4/c1-3-15(7-6-12(16)17)13(18)9-4-5-11(19-2)10(14)8-9/h4-5,8H,3,6-7H2,1-2H3,(H,16,17). The number of amides is 1. The normalized spacial score (nSPS) is 10.1. The first-order valence-corrected chi connectivity index (χ1v) is 6.63. The molecule has 0 fully saturated rings. The molecule has 0 unspecified atom stereocenters. The van der Waals surface area contributed by atoms with E-state index in [9.17, 15) is 9.59 Å². The van der Waals surface area contributed by atoms with Crippen molar-refractivity contribution in [1.82, 2.24) is 4.90 Å². The van der Waals surface area contributed by atoms with E-state index in [1.165, 1.54) is 4.90 Å². The predicted octanol–water partition coefficient (Wildman–Crippen LogP) is 2.39. The summed E-state index contributed by atoms with van der Waals surface area (Å²) in [5.74, 6) is -0.459. The SMILES string of the molecule is CCN(CCC(=O)O)C(=O)c1ccc(OC)c(Br)c1. The molecule has 0 atom stereocenters. The molecular weight excluding hydrogens is 314 g/mol.